The molecule has 0 saturated heterocycles. The summed E-state index contributed by atoms with van der Waals surface area (Å²) in [7, 11) is -9.97. The summed E-state index contributed by atoms with van der Waals surface area (Å²) in [4.78, 5) is 72.7. The smallest absolute Gasteiger partial charge is 0.462 e. The van der Waals surface area contributed by atoms with Crippen LogP contribution < -0.4 is 0 Å². The highest BCUT2D eigenvalue weighted by atomic mass is 31.2. The zero-order valence-electron chi connectivity index (χ0n) is 60.9. The first kappa shape index (κ1) is 93.2. The fraction of sp³-hybridized carbons (Fsp3) is 0.671. The van der Waals surface area contributed by atoms with Crippen molar-refractivity contribution in [2.75, 3.05) is 39.6 Å². The van der Waals surface area contributed by atoms with Gasteiger partial charge in [-0.25, -0.2) is 9.13 Å². The molecule has 0 spiro atoms. The van der Waals surface area contributed by atoms with Gasteiger partial charge in [-0.3, -0.25) is 37.3 Å². The molecule has 0 aliphatic rings. The summed E-state index contributed by atoms with van der Waals surface area (Å²) in [5.41, 5.74) is 0. The highest BCUT2D eigenvalue weighted by Gasteiger charge is 2.30. The molecule has 17 nitrogen and oxygen atoms in total. The number of allylic oxidation sites excluding steroid dienone is 22. The minimum absolute atomic E-state index is 0.0712. The first-order valence-electron chi connectivity index (χ1n) is 37.4. The summed E-state index contributed by atoms with van der Waals surface area (Å²) >= 11 is 0. The maximum atomic E-state index is 13.1. The zero-order chi connectivity index (χ0) is 71.8. The van der Waals surface area contributed by atoms with E-state index in [1.54, 1.807) is 0 Å². The van der Waals surface area contributed by atoms with Crippen LogP contribution in [-0.2, 0) is 65.4 Å². The van der Waals surface area contributed by atoms with Crippen LogP contribution in [0.4, 0.5) is 0 Å². The average molecular weight is 1420 g/mol. The minimum Gasteiger partial charge on any atom is -0.462 e. The Balaban J connectivity index is 5.36. The third-order valence-corrected chi connectivity index (χ3v) is 17.0. The number of hydrogen-bond donors (Lipinski definition) is 3. The second-order valence-electron chi connectivity index (χ2n) is 24.5. The van der Waals surface area contributed by atoms with Crippen molar-refractivity contribution in [3.63, 3.8) is 0 Å². The molecule has 0 aromatic carbocycles. The molecule has 0 saturated carbocycles. The lowest BCUT2D eigenvalue weighted by molar-refractivity contribution is -0.161. The lowest BCUT2D eigenvalue weighted by atomic mass is 10.1. The number of esters is 4. The first-order valence-corrected chi connectivity index (χ1v) is 40.4. The third-order valence-electron chi connectivity index (χ3n) is 15.1. The van der Waals surface area contributed by atoms with Gasteiger partial charge in [0, 0.05) is 25.7 Å². The molecule has 0 fully saturated rings. The number of rotatable bonds is 69. The number of aliphatic hydroxyl groups excluding tert-OH is 1. The van der Waals surface area contributed by atoms with Gasteiger partial charge in [-0.05, 0) is 148 Å². The van der Waals surface area contributed by atoms with E-state index >= 15 is 0 Å². The Labute approximate surface area is 593 Å². The summed E-state index contributed by atoms with van der Waals surface area (Å²) in [6.45, 7) is 4.44. The van der Waals surface area contributed by atoms with Crippen LogP contribution in [0, 0.1) is 0 Å². The van der Waals surface area contributed by atoms with Gasteiger partial charge in [0.05, 0.1) is 26.4 Å². The lowest BCUT2D eigenvalue weighted by Crippen LogP contribution is -2.30. The first-order chi connectivity index (χ1) is 47.7. The lowest BCUT2D eigenvalue weighted by Gasteiger charge is -2.21. The monoisotopic (exact) mass is 1410 g/mol. The number of aliphatic hydroxyl groups is 1. The molecule has 0 aromatic rings. The Morgan fingerprint density at radius 2 is 0.551 bits per heavy atom. The van der Waals surface area contributed by atoms with Gasteiger partial charge in [-0.1, -0.05) is 245 Å². The molecule has 19 heteroatoms. The Kier molecular flexibility index (Phi) is 67.2. The predicted molar refractivity (Wildman–Crippen MR) is 399 cm³/mol. The van der Waals surface area contributed by atoms with E-state index in [0.717, 1.165) is 193 Å². The van der Waals surface area contributed by atoms with Gasteiger partial charge in [0.1, 0.15) is 19.3 Å². The molecule has 5 atom stereocenters. The topological polar surface area (TPSA) is 237 Å². The molecule has 0 aliphatic carbocycles. The number of ether oxygens (including phenoxy) is 4. The van der Waals surface area contributed by atoms with E-state index in [4.69, 9.17) is 37.0 Å². The highest BCUT2D eigenvalue weighted by Crippen LogP contribution is 2.45. The Bertz CT molecular complexity index is 2380. The van der Waals surface area contributed by atoms with Gasteiger partial charge < -0.3 is 33.8 Å². The minimum atomic E-state index is -4.99. The normalized spacial score (nSPS) is 14.7. The quantitative estimate of drug-likeness (QED) is 0.0169. The standard InChI is InChI=1S/C79H132O17P2/c1-5-9-13-17-21-25-29-32-34-35-36-37-39-42-45-48-52-56-60-64-77(82)89-69-74(95-78(83)65-61-57-53-49-43-28-24-20-16-12-8-4)71-93-97(85,86)91-67-73(80)68-92-98(87,88)94-72-75(96-79(84)66-62-58-54-50-46-40-31-27-23-19-15-11-7-3)70-90-76(81)63-59-55-51-47-44-41-38-33-30-26-22-18-14-10-6-2/h9-10,13-15,19-22,24-27,31-34,36-38,42,45,73-75,80H,5-8,11-12,16-18,23,28-30,35,39-41,43-44,46-72H2,1-4H3,(H,85,86)(H,87,88)/b13-9-,14-10-,19-15-,24-20-,25-21-,26-22-,31-27-,34-32-,37-36-,38-33-,45-42-. The van der Waals surface area contributed by atoms with Crippen LogP contribution >= 0.6 is 15.6 Å². The Morgan fingerprint density at radius 1 is 0.296 bits per heavy atom. The zero-order valence-corrected chi connectivity index (χ0v) is 62.7. The number of carbonyl (C=O) groups excluding carboxylic acids is 4. The maximum absolute atomic E-state index is 13.1. The van der Waals surface area contributed by atoms with E-state index in [1.165, 1.54) is 12.8 Å². The summed E-state index contributed by atoms with van der Waals surface area (Å²) in [6, 6.07) is 0. The number of hydrogen-bond acceptors (Lipinski definition) is 15. The van der Waals surface area contributed by atoms with E-state index in [9.17, 15) is 43.2 Å². The second-order valence-corrected chi connectivity index (χ2v) is 27.4. The van der Waals surface area contributed by atoms with Crippen LogP contribution in [0.5, 0.6) is 0 Å². The number of unbranched alkanes of at least 4 members (excludes halogenated alkanes) is 21. The van der Waals surface area contributed by atoms with Crippen molar-refractivity contribution in [1.82, 2.24) is 0 Å². The summed E-state index contributed by atoms with van der Waals surface area (Å²) in [5.74, 6) is -2.26. The molecular weight excluding hydrogens is 1280 g/mol. The van der Waals surface area contributed by atoms with Crippen molar-refractivity contribution in [2.24, 2.45) is 0 Å². The molecule has 98 heavy (non-hydrogen) atoms. The molecule has 0 amide bonds. The van der Waals surface area contributed by atoms with Gasteiger partial charge in [0.25, 0.3) is 0 Å². The second kappa shape index (κ2) is 70.6. The molecule has 0 aromatic heterocycles. The molecule has 3 N–H and O–H groups in total. The number of phosphoric ester groups is 2. The fourth-order valence-corrected chi connectivity index (χ4v) is 11.0. The van der Waals surface area contributed by atoms with Crippen LogP contribution in [-0.4, -0.2) is 96.7 Å². The van der Waals surface area contributed by atoms with E-state index in [1.807, 2.05) is 0 Å². The number of phosphoric acid groups is 2. The largest absolute Gasteiger partial charge is 0.472 e. The fourth-order valence-electron chi connectivity index (χ4n) is 9.40. The van der Waals surface area contributed by atoms with Crippen molar-refractivity contribution in [1.29, 1.82) is 0 Å². The Hall–Kier alpha value is -4.80. The summed E-state index contributed by atoms with van der Waals surface area (Å²) < 4.78 is 68.3. The van der Waals surface area contributed by atoms with Crippen molar-refractivity contribution >= 4 is 39.5 Å². The van der Waals surface area contributed by atoms with E-state index in [-0.39, 0.29) is 25.7 Å². The molecular formula is C79H132O17P2. The van der Waals surface area contributed by atoms with Crippen molar-refractivity contribution in [3.05, 3.63) is 134 Å². The van der Waals surface area contributed by atoms with Gasteiger partial charge in [-0.15, -0.1) is 0 Å². The summed E-state index contributed by atoms with van der Waals surface area (Å²) in [5, 5.41) is 10.6. The molecule has 5 unspecified atom stereocenters. The van der Waals surface area contributed by atoms with E-state index < -0.39 is 97.5 Å². The molecule has 0 aliphatic heterocycles. The van der Waals surface area contributed by atoms with E-state index in [2.05, 4.69) is 161 Å². The van der Waals surface area contributed by atoms with Crippen LogP contribution in [0.25, 0.3) is 0 Å². The van der Waals surface area contributed by atoms with Crippen molar-refractivity contribution in [2.45, 2.75) is 303 Å². The van der Waals surface area contributed by atoms with Crippen molar-refractivity contribution in [3.8, 4) is 0 Å². The highest BCUT2D eigenvalue weighted by molar-refractivity contribution is 7.47. The Morgan fingerprint density at radius 3 is 0.878 bits per heavy atom. The molecule has 0 rings (SSSR count). The van der Waals surface area contributed by atoms with Crippen LogP contribution in [0.3, 0.4) is 0 Å². The van der Waals surface area contributed by atoms with Gasteiger partial charge in [-0.2, -0.15) is 0 Å². The van der Waals surface area contributed by atoms with Crippen molar-refractivity contribution < 1.29 is 80.2 Å². The SMILES string of the molecule is CC/C=C\C/C=C\C/C=C\C/C=C\C/C=C\CCCCCC(=O)OCC(COP(=O)(O)OCC(O)COP(=O)(O)OCC(COC(=O)CCCCCCC/C=C\C/C=C\C/C=C\CC)OC(=O)CCCCCCC/C=C\C/C=C\CCC)OC(=O)CCCCCCC/C=C\CCCC. The van der Waals surface area contributed by atoms with Gasteiger partial charge in [0.2, 0.25) is 0 Å². The van der Waals surface area contributed by atoms with Gasteiger partial charge in [0.15, 0.2) is 12.2 Å². The van der Waals surface area contributed by atoms with E-state index in [0.29, 0.717) is 25.7 Å². The molecule has 0 bridgehead atoms. The predicted octanol–water partition coefficient (Wildman–Crippen LogP) is 21.3. The summed E-state index contributed by atoms with van der Waals surface area (Å²) in [6.07, 6.45) is 77.4. The van der Waals surface area contributed by atoms with Gasteiger partial charge >= 0.3 is 39.5 Å². The molecule has 0 radical (unpaired) electrons. The average Bonchev–Trinajstić information content (AvgIpc) is 1.00. The van der Waals surface area contributed by atoms with Crippen LogP contribution in [0.2, 0.25) is 0 Å². The molecule has 560 valence electrons. The third kappa shape index (κ3) is 69.7. The maximum Gasteiger partial charge on any atom is 0.472 e. The number of carbonyl (C=O) groups is 4. The van der Waals surface area contributed by atoms with Crippen LogP contribution in [0.1, 0.15) is 285 Å². The van der Waals surface area contributed by atoms with Crippen LogP contribution in [0.15, 0.2) is 134 Å². The molecule has 0 heterocycles.